The van der Waals surface area contributed by atoms with Crippen LogP contribution in [0.25, 0.3) is 0 Å². The first-order chi connectivity index (χ1) is 13.1. The molecular weight excluding hydrogens is 367 g/mol. The Morgan fingerprint density at radius 2 is 2.19 bits per heavy atom. The van der Waals surface area contributed by atoms with E-state index in [-0.39, 0.29) is 11.8 Å². The monoisotopic (exact) mass is 392 g/mol. The van der Waals surface area contributed by atoms with Gasteiger partial charge in [0.15, 0.2) is 5.13 Å². The minimum absolute atomic E-state index is 0.202. The maximum atomic E-state index is 13.6. The number of anilines is 1. The number of nitrogens with one attached hydrogen (secondary N) is 2. The highest BCUT2D eigenvalue weighted by atomic mass is 32.1. The zero-order chi connectivity index (χ0) is 19.1. The largest absolute Gasteiger partial charge is 0.379 e. The van der Waals surface area contributed by atoms with Crippen molar-refractivity contribution in [3.63, 3.8) is 0 Å². The van der Waals surface area contributed by atoms with E-state index in [1.54, 1.807) is 25.3 Å². The number of thiazole rings is 1. The normalized spacial score (nSPS) is 14.9. The third kappa shape index (κ3) is 6.27. The van der Waals surface area contributed by atoms with Crippen molar-refractivity contribution in [2.24, 2.45) is 0 Å². The van der Waals surface area contributed by atoms with E-state index in [2.05, 4.69) is 20.5 Å². The van der Waals surface area contributed by atoms with Gasteiger partial charge < -0.3 is 10.1 Å². The maximum absolute atomic E-state index is 13.6. The third-order valence-electron chi connectivity index (χ3n) is 4.43. The minimum Gasteiger partial charge on any atom is -0.379 e. The van der Waals surface area contributed by atoms with E-state index in [0.717, 1.165) is 49.7 Å². The number of urea groups is 1. The van der Waals surface area contributed by atoms with Crippen LogP contribution in [0.1, 0.15) is 22.4 Å². The molecule has 3 rings (SSSR count). The molecule has 0 atom stereocenters. The first-order valence-corrected chi connectivity index (χ1v) is 9.96. The maximum Gasteiger partial charge on any atom is 0.321 e. The Morgan fingerprint density at radius 3 is 2.96 bits per heavy atom. The van der Waals surface area contributed by atoms with Gasteiger partial charge >= 0.3 is 6.03 Å². The number of amides is 2. The van der Waals surface area contributed by atoms with Crippen molar-refractivity contribution < 1.29 is 13.9 Å². The molecule has 1 aliphatic rings. The molecule has 0 aliphatic carbocycles. The van der Waals surface area contributed by atoms with Crippen molar-refractivity contribution >= 4 is 22.5 Å². The fourth-order valence-electron chi connectivity index (χ4n) is 2.87. The molecule has 6 nitrogen and oxygen atoms in total. The van der Waals surface area contributed by atoms with Crippen molar-refractivity contribution in [2.45, 2.75) is 19.8 Å². The molecule has 1 aliphatic heterocycles. The minimum atomic E-state index is -0.251. The molecule has 1 aromatic heterocycles. The number of carbonyl (C=O) groups is 1. The van der Waals surface area contributed by atoms with Gasteiger partial charge in [0.25, 0.3) is 0 Å². The Morgan fingerprint density at radius 1 is 1.37 bits per heavy atom. The SMILES string of the molecule is Cc1ccc(Cc2cnc(NC(=O)NCCCN3CCOCC3)s2)cc1F. The average molecular weight is 393 g/mol. The molecule has 2 heterocycles. The number of benzene rings is 1. The summed E-state index contributed by atoms with van der Waals surface area (Å²) in [6, 6.07) is 4.98. The molecule has 0 spiro atoms. The molecule has 0 radical (unpaired) electrons. The van der Waals surface area contributed by atoms with Crippen LogP contribution in [0.2, 0.25) is 0 Å². The van der Waals surface area contributed by atoms with E-state index in [1.807, 2.05) is 6.07 Å². The van der Waals surface area contributed by atoms with Crippen LogP contribution in [0.4, 0.5) is 14.3 Å². The highest BCUT2D eigenvalue weighted by Gasteiger charge is 2.10. The number of ether oxygens (including phenoxy) is 1. The number of carbonyl (C=O) groups excluding carboxylic acids is 1. The molecule has 0 saturated carbocycles. The van der Waals surface area contributed by atoms with Gasteiger partial charge in [-0.05, 0) is 37.1 Å². The van der Waals surface area contributed by atoms with Gasteiger partial charge in [0.1, 0.15) is 5.82 Å². The molecule has 8 heteroatoms. The molecule has 2 N–H and O–H groups in total. The van der Waals surface area contributed by atoms with Gasteiger partial charge in [0.05, 0.1) is 13.2 Å². The number of nitrogens with zero attached hydrogens (tertiary/aromatic N) is 2. The second kappa shape index (κ2) is 9.77. The first kappa shape index (κ1) is 19.7. The lowest BCUT2D eigenvalue weighted by molar-refractivity contribution is 0.0375. The van der Waals surface area contributed by atoms with E-state index in [0.29, 0.717) is 23.7 Å². The summed E-state index contributed by atoms with van der Waals surface area (Å²) in [5, 5.41) is 6.15. The lowest BCUT2D eigenvalue weighted by Crippen LogP contribution is -2.38. The fourth-order valence-corrected chi connectivity index (χ4v) is 3.71. The summed E-state index contributed by atoms with van der Waals surface area (Å²) in [7, 11) is 0. The molecule has 0 unspecified atom stereocenters. The Bertz CT molecular complexity index is 762. The van der Waals surface area contributed by atoms with Crippen LogP contribution in [0.5, 0.6) is 0 Å². The van der Waals surface area contributed by atoms with Gasteiger partial charge in [-0.2, -0.15) is 0 Å². The van der Waals surface area contributed by atoms with Crippen LogP contribution in [0, 0.1) is 12.7 Å². The summed E-state index contributed by atoms with van der Waals surface area (Å²) in [6.07, 6.45) is 3.21. The van der Waals surface area contributed by atoms with Crippen LogP contribution in [-0.4, -0.2) is 55.3 Å². The lowest BCUT2D eigenvalue weighted by Gasteiger charge is -2.26. The highest BCUT2D eigenvalue weighted by Crippen LogP contribution is 2.22. The second-order valence-electron chi connectivity index (χ2n) is 6.58. The molecule has 1 aromatic carbocycles. The van der Waals surface area contributed by atoms with Crippen LogP contribution in [0.15, 0.2) is 24.4 Å². The van der Waals surface area contributed by atoms with Gasteiger partial charge in [-0.1, -0.05) is 12.1 Å². The predicted molar refractivity (Wildman–Crippen MR) is 105 cm³/mol. The number of aromatic nitrogens is 1. The van der Waals surface area contributed by atoms with Crippen LogP contribution < -0.4 is 10.6 Å². The lowest BCUT2D eigenvalue weighted by atomic mass is 10.1. The summed E-state index contributed by atoms with van der Waals surface area (Å²) >= 11 is 1.40. The van der Waals surface area contributed by atoms with Gasteiger partial charge in [0, 0.05) is 37.1 Å². The number of hydrogen-bond donors (Lipinski definition) is 2. The van der Waals surface area contributed by atoms with Crippen LogP contribution in [0.3, 0.4) is 0 Å². The summed E-state index contributed by atoms with van der Waals surface area (Å²) in [5.74, 6) is -0.202. The molecule has 27 heavy (non-hydrogen) atoms. The molecule has 2 amide bonds. The zero-order valence-electron chi connectivity index (χ0n) is 15.5. The van der Waals surface area contributed by atoms with E-state index >= 15 is 0 Å². The average Bonchev–Trinajstić information content (AvgIpc) is 3.09. The smallest absolute Gasteiger partial charge is 0.321 e. The zero-order valence-corrected chi connectivity index (χ0v) is 16.3. The standard InChI is InChI=1S/C19H25FN4O2S/c1-14-3-4-15(12-17(14)20)11-16-13-22-19(27-16)23-18(25)21-5-2-6-24-7-9-26-10-8-24/h3-4,12-13H,2,5-11H2,1H3,(H2,21,22,23,25). The van der Waals surface area contributed by atoms with Crippen LogP contribution in [-0.2, 0) is 11.2 Å². The Kier molecular flexibility index (Phi) is 7.14. The number of halogens is 1. The van der Waals surface area contributed by atoms with Crippen molar-refractivity contribution in [1.29, 1.82) is 0 Å². The van der Waals surface area contributed by atoms with Crippen molar-refractivity contribution in [2.75, 3.05) is 44.7 Å². The molecule has 1 saturated heterocycles. The number of hydrogen-bond acceptors (Lipinski definition) is 5. The number of rotatable bonds is 7. The Labute approximate surface area is 162 Å². The molecule has 0 bridgehead atoms. The molecule has 1 fully saturated rings. The Balaban J connectivity index is 1.39. The van der Waals surface area contributed by atoms with E-state index in [4.69, 9.17) is 4.74 Å². The van der Waals surface area contributed by atoms with Gasteiger partial charge in [-0.25, -0.2) is 14.2 Å². The van der Waals surface area contributed by atoms with Crippen LogP contribution >= 0.6 is 11.3 Å². The van der Waals surface area contributed by atoms with Crippen molar-refractivity contribution in [1.82, 2.24) is 15.2 Å². The molecular formula is C19H25FN4O2S. The first-order valence-electron chi connectivity index (χ1n) is 9.15. The molecule has 146 valence electrons. The van der Waals surface area contributed by atoms with Gasteiger partial charge in [-0.15, -0.1) is 11.3 Å². The topological polar surface area (TPSA) is 66.5 Å². The highest BCUT2D eigenvalue weighted by molar-refractivity contribution is 7.15. The predicted octanol–water partition coefficient (Wildman–Crippen LogP) is 3.03. The quantitative estimate of drug-likeness (QED) is 0.711. The third-order valence-corrected chi connectivity index (χ3v) is 5.34. The fraction of sp³-hybridized carbons (Fsp3) is 0.474. The number of morpholine rings is 1. The van der Waals surface area contributed by atoms with E-state index < -0.39 is 0 Å². The summed E-state index contributed by atoms with van der Waals surface area (Å²) < 4.78 is 19.0. The van der Waals surface area contributed by atoms with Gasteiger partial charge in [0.2, 0.25) is 0 Å². The van der Waals surface area contributed by atoms with E-state index in [9.17, 15) is 9.18 Å². The summed E-state index contributed by atoms with van der Waals surface area (Å²) in [4.78, 5) is 19.5. The van der Waals surface area contributed by atoms with E-state index in [1.165, 1.54) is 11.3 Å². The summed E-state index contributed by atoms with van der Waals surface area (Å²) in [5.41, 5.74) is 1.52. The Hall–Kier alpha value is -2.03. The number of aryl methyl sites for hydroxylation is 1. The van der Waals surface area contributed by atoms with Gasteiger partial charge in [-0.3, -0.25) is 10.2 Å². The molecule has 2 aromatic rings. The summed E-state index contributed by atoms with van der Waals surface area (Å²) in [6.45, 7) is 6.80. The second-order valence-corrected chi connectivity index (χ2v) is 7.70. The van der Waals surface area contributed by atoms with Crippen molar-refractivity contribution in [3.05, 3.63) is 46.2 Å². The van der Waals surface area contributed by atoms with Crippen molar-refractivity contribution in [3.8, 4) is 0 Å².